The van der Waals surface area contributed by atoms with E-state index in [0.717, 1.165) is 4.31 Å². The summed E-state index contributed by atoms with van der Waals surface area (Å²) in [6.07, 6.45) is -0.0233. The van der Waals surface area contributed by atoms with Gasteiger partial charge in [-0.05, 0) is 6.07 Å². The lowest BCUT2D eigenvalue weighted by atomic mass is 10.2. The molecule has 0 fully saturated rings. The third-order valence-electron chi connectivity index (χ3n) is 2.71. The summed E-state index contributed by atoms with van der Waals surface area (Å²) in [5.74, 6) is -0.458. The summed E-state index contributed by atoms with van der Waals surface area (Å²) in [4.78, 5) is 11.0. The number of carbonyl (C=O) groups excluding carboxylic acids is 1. The maximum Gasteiger partial charge on any atom is 0.306 e. The van der Waals surface area contributed by atoms with Crippen LogP contribution in [0.5, 0.6) is 5.75 Å². The smallest absolute Gasteiger partial charge is 0.306 e. The van der Waals surface area contributed by atoms with Gasteiger partial charge in [0.25, 0.3) is 10.2 Å². The zero-order valence-corrected chi connectivity index (χ0v) is 12.2. The molecular formula is C12H18N2O5S. The van der Waals surface area contributed by atoms with Crippen LogP contribution < -0.4 is 4.72 Å². The normalized spacial score (nSPS) is 11.6. The molecular weight excluding hydrogens is 284 g/mol. The number of phenols is 1. The zero-order chi connectivity index (χ0) is 15.2. The lowest BCUT2D eigenvalue weighted by Crippen LogP contribution is -2.38. The Bertz CT molecular complexity index is 559. The van der Waals surface area contributed by atoms with Crippen LogP contribution >= 0.6 is 0 Å². The van der Waals surface area contributed by atoms with E-state index in [1.54, 1.807) is 18.2 Å². The molecule has 0 bridgehead atoms. The average molecular weight is 302 g/mol. The molecule has 0 heterocycles. The number of para-hydroxylation sites is 1. The molecule has 0 aliphatic rings. The molecule has 0 aliphatic heterocycles. The van der Waals surface area contributed by atoms with E-state index in [4.69, 9.17) is 0 Å². The van der Waals surface area contributed by atoms with E-state index in [0.29, 0.717) is 5.56 Å². The summed E-state index contributed by atoms with van der Waals surface area (Å²) in [5, 5.41) is 9.54. The zero-order valence-electron chi connectivity index (χ0n) is 11.4. The number of phenolic OH excluding ortho intramolecular Hbond substituents is 1. The van der Waals surface area contributed by atoms with Gasteiger partial charge in [-0.15, -0.1) is 0 Å². The van der Waals surface area contributed by atoms with Crippen LogP contribution in [0.15, 0.2) is 24.3 Å². The lowest BCUT2D eigenvalue weighted by molar-refractivity contribution is -0.140. The van der Waals surface area contributed by atoms with Crippen LogP contribution in [0, 0.1) is 0 Å². The number of methoxy groups -OCH3 is 1. The molecule has 0 aliphatic carbocycles. The second-order valence-corrected chi connectivity index (χ2v) is 5.96. The van der Waals surface area contributed by atoms with Gasteiger partial charge in [-0.25, -0.2) is 0 Å². The molecule has 0 atom stereocenters. The minimum absolute atomic E-state index is 0.0166. The molecule has 1 aromatic rings. The van der Waals surface area contributed by atoms with E-state index in [1.165, 1.54) is 20.2 Å². The van der Waals surface area contributed by atoms with Crippen molar-refractivity contribution in [2.45, 2.75) is 13.0 Å². The number of esters is 1. The molecule has 0 amide bonds. The van der Waals surface area contributed by atoms with Gasteiger partial charge < -0.3 is 9.84 Å². The van der Waals surface area contributed by atoms with Gasteiger partial charge >= 0.3 is 5.97 Å². The van der Waals surface area contributed by atoms with Gasteiger partial charge in [-0.2, -0.15) is 17.4 Å². The SMILES string of the molecule is COC(=O)CCN(C)S(=O)(=O)NCc1ccccc1O. The third kappa shape index (κ3) is 4.80. The minimum atomic E-state index is -3.71. The maximum atomic E-state index is 11.9. The summed E-state index contributed by atoms with van der Waals surface area (Å²) in [7, 11) is -1.11. The van der Waals surface area contributed by atoms with Gasteiger partial charge in [0, 0.05) is 25.7 Å². The number of rotatable bonds is 7. The highest BCUT2D eigenvalue weighted by Crippen LogP contribution is 2.15. The van der Waals surface area contributed by atoms with Crippen LogP contribution in [0.2, 0.25) is 0 Å². The number of ether oxygens (including phenoxy) is 1. The maximum absolute atomic E-state index is 11.9. The van der Waals surface area contributed by atoms with Crippen molar-refractivity contribution in [2.24, 2.45) is 0 Å². The van der Waals surface area contributed by atoms with Gasteiger partial charge in [0.05, 0.1) is 13.5 Å². The van der Waals surface area contributed by atoms with E-state index in [1.807, 2.05) is 0 Å². The van der Waals surface area contributed by atoms with Crippen molar-refractivity contribution < 1.29 is 23.1 Å². The highest BCUT2D eigenvalue weighted by molar-refractivity contribution is 7.87. The first kappa shape index (κ1) is 16.4. The fourth-order valence-electron chi connectivity index (χ4n) is 1.41. The Labute approximate surface area is 118 Å². The molecule has 0 saturated carbocycles. The van der Waals surface area contributed by atoms with E-state index in [9.17, 15) is 18.3 Å². The Balaban J connectivity index is 2.57. The standard InChI is InChI=1S/C12H18N2O5S/c1-14(8-7-12(16)19-2)20(17,18)13-9-10-5-3-4-6-11(10)15/h3-6,13,15H,7-9H2,1-2H3. The van der Waals surface area contributed by atoms with E-state index in [2.05, 4.69) is 9.46 Å². The number of carbonyl (C=O) groups is 1. The number of benzene rings is 1. The van der Waals surface area contributed by atoms with Gasteiger partial charge in [0.15, 0.2) is 0 Å². The number of aromatic hydroxyl groups is 1. The summed E-state index contributed by atoms with van der Waals surface area (Å²) in [6.45, 7) is -0.0135. The Morgan fingerprint density at radius 3 is 2.65 bits per heavy atom. The van der Waals surface area contributed by atoms with Crippen molar-refractivity contribution in [1.82, 2.24) is 9.03 Å². The predicted octanol–water partition coefficient (Wildman–Crippen LogP) is 0.222. The second kappa shape index (κ2) is 7.22. The average Bonchev–Trinajstić information content (AvgIpc) is 2.43. The summed E-state index contributed by atoms with van der Waals surface area (Å²) in [5.41, 5.74) is 0.470. The quantitative estimate of drug-likeness (QED) is 0.703. The number of nitrogens with zero attached hydrogens (tertiary/aromatic N) is 1. The van der Waals surface area contributed by atoms with Crippen LogP contribution in [0.25, 0.3) is 0 Å². The highest BCUT2D eigenvalue weighted by Gasteiger charge is 2.18. The van der Waals surface area contributed by atoms with Crippen LogP contribution in [-0.4, -0.2) is 44.5 Å². The third-order valence-corrected chi connectivity index (χ3v) is 4.22. The van der Waals surface area contributed by atoms with Crippen molar-refractivity contribution in [2.75, 3.05) is 20.7 Å². The van der Waals surface area contributed by atoms with E-state index >= 15 is 0 Å². The molecule has 112 valence electrons. The first-order valence-electron chi connectivity index (χ1n) is 5.91. The Morgan fingerprint density at radius 2 is 2.05 bits per heavy atom. The van der Waals surface area contributed by atoms with Crippen LogP contribution in [0.1, 0.15) is 12.0 Å². The molecule has 0 saturated heterocycles. The molecule has 0 spiro atoms. The molecule has 7 nitrogen and oxygen atoms in total. The monoisotopic (exact) mass is 302 g/mol. The Kier molecular flexibility index (Phi) is 5.93. The fraction of sp³-hybridized carbons (Fsp3) is 0.417. The summed E-state index contributed by atoms with van der Waals surface area (Å²) < 4.78 is 31.6. The lowest BCUT2D eigenvalue weighted by Gasteiger charge is -2.17. The molecule has 2 N–H and O–H groups in total. The molecule has 0 unspecified atom stereocenters. The van der Waals surface area contributed by atoms with Crippen molar-refractivity contribution in [3.05, 3.63) is 29.8 Å². The number of hydrogen-bond acceptors (Lipinski definition) is 5. The summed E-state index contributed by atoms with van der Waals surface area (Å²) in [6, 6.07) is 6.44. The van der Waals surface area contributed by atoms with E-state index < -0.39 is 16.2 Å². The fourth-order valence-corrected chi connectivity index (χ4v) is 2.30. The minimum Gasteiger partial charge on any atom is -0.508 e. The van der Waals surface area contributed by atoms with Gasteiger partial charge in [-0.1, -0.05) is 18.2 Å². The molecule has 0 radical (unpaired) electrons. The van der Waals surface area contributed by atoms with Gasteiger partial charge in [0.2, 0.25) is 0 Å². The molecule has 8 heteroatoms. The van der Waals surface area contributed by atoms with Crippen LogP contribution in [-0.2, 0) is 26.3 Å². The summed E-state index contributed by atoms with van der Waals surface area (Å²) >= 11 is 0. The molecule has 0 aromatic heterocycles. The predicted molar refractivity (Wildman–Crippen MR) is 73.1 cm³/mol. The topological polar surface area (TPSA) is 95.9 Å². The first-order chi connectivity index (χ1) is 9.36. The van der Waals surface area contributed by atoms with Gasteiger partial charge in [0.1, 0.15) is 5.75 Å². The second-order valence-electron chi connectivity index (χ2n) is 4.10. The number of nitrogens with one attached hydrogen (secondary N) is 1. The van der Waals surface area contributed by atoms with Crippen LogP contribution in [0.3, 0.4) is 0 Å². The van der Waals surface area contributed by atoms with Crippen molar-refractivity contribution in [3.63, 3.8) is 0 Å². The van der Waals surface area contributed by atoms with Crippen molar-refractivity contribution in [3.8, 4) is 5.75 Å². The van der Waals surface area contributed by atoms with Gasteiger partial charge in [-0.3, -0.25) is 4.79 Å². The highest BCUT2D eigenvalue weighted by atomic mass is 32.2. The Hall–Kier alpha value is -1.64. The van der Waals surface area contributed by atoms with Crippen molar-refractivity contribution >= 4 is 16.2 Å². The Morgan fingerprint density at radius 1 is 1.40 bits per heavy atom. The van der Waals surface area contributed by atoms with Crippen LogP contribution in [0.4, 0.5) is 0 Å². The number of hydrogen-bond donors (Lipinski definition) is 2. The molecule has 20 heavy (non-hydrogen) atoms. The molecule has 1 rings (SSSR count). The largest absolute Gasteiger partial charge is 0.508 e. The van der Waals surface area contributed by atoms with E-state index in [-0.39, 0.29) is 25.3 Å². The first-order valence-corrected chi connectivity index (χ1v) is 7.35. The van der Waals surface area contributed by atoms with Crippen molar-refractivity contribution in [1.29, 1.82) is 0 Å². The molecule has 1 aromatic carbocycles.